The highest BCUT2D eigenvalue weighted by molar-refractivity contribution is 5.03. The molecular weight excluding hydrogens is 186 g/mol. The number of aromatic nitrogens is 2. The molecule has 3 nitrogen and oxygen atoms in total. The van der Waals surface area contributed by atoms with Crippen LogP contribution in [0.3, 0.4) is 0 Å². The fraction of sp³-hybridized carbons (Fsp3) is 0.750. The lowest BCUT2D eigenvalue weighted by Gasteiger charge is -2.10. The second kappa shape index (κ2) is 6.62. The summed E-state index contributed by atoms with van der Waals surface area (Å²) in [5.74, 6) is 0.796. The van der Waals surface area contributed by atoms with Gasteiger partial charge in [-0.05, 0) is 43.8 Å². The average Bonchev–Trinajstić information content (AvgIpc) is 2.62. The summed E-state index contributed by atoms with van der Waals surface area (Å²) in [4.78, 5) is 0. The van der Waals surface area contributed by atoms with Gasteiger partial charge in [-0.1, -0.05) is 13.8 Å². The van der Waals surface area contributed by atoms with Crippen LogP contribution in [0.15, 0.2) is 12.4 Å². The van der Waals surface area contributed by atoms with Gasteiger partial charge in [0.2, 0.25) is 0 Å². The van der Waals surface area contributed by atoms with Crippen molar-refractivity contribution in [3.05, 3.63) is 18.0 Å². The average molecular weight is 209 g/mol. The summed E-state index contributed by atoms with van der Waals surface area (Å²) in [5.41, 5.74) is 1.35. The minimum Gasteiger partial charge on any atom is -0.317 e. The number of hydrogen-bond donors (Lipinski definition) is 1. The molecule has 0 aliphatic rings. The Hall–Kier alpha value is -0.830. The fourth-order valence-electron chi connectivity index (χ4n) is 1.68. The second-order valence-corrected chi connectivity index (χ2v) is 4.31. The molecule has 15 heavy (non-hydrogen) atoms. The maximum Gasteiger partial charge on any atom is 0.0521 e. The minimum absolute atomic E-state index is 0.796. The van der Waals surface area contributed by atoms with Gasteiger partial charge in [0.1, 0.15) is 0 Å². The highest BCUT2D eigenvalue weighted by atomic mass is 15.2. The monoisotopic (exact) mass is 209 g/mol. The predicted molar refractivity (Wildman–Crippen MR) is 63.9 cm³/mol. The zero-order chi connectivity index (χ0) is 11.1. The van der Waals surface area contributed by atoms with E-state index in [4.69, 9.17) is 0 Å². The SMILES string of the molecule is CCNCCC(C)CCc1cnn(C)c1. The number of nitrogens with zero attached hydrogens (tertiary/aromatic N) is 2. The third kappa shape index (κ3) is 4.98. The Morgan fingerprint density at radius 2 is 2.27 bits per heavy atom. The second-order valence-electron chi connectivity index (χ2n) is 4.31. The largest absolute Gasteiger partial charge is 0.317 e. The van der Waals surface area contributed by atoms with Crippen LogP contribution in [0.25, 0.3) is 0 Å². The highest BCUT2D eigenvalue weighted by Crippen LogP contribution is 2.11. The molecule has 0 aliphatic heterocycles. The van der Waals surface area contributed by atoms with Gasteiger partial charge in [0, 0.05) is 13.2 Å². The van der Waals surface area contributed by atoms with Crippen molar-refractivity contribution in [2.75, 3.05) is 13.1 Å². The van der Waals surface area contributed by atoms with Crippen LogP contribution in [0.1, 0.15) is 32.3 Å². The van der Waals surface area contributed by atoms with E-state index in [-0.39, 0.29) is 0 Å². The predicted octanol–water partition coefficient (Wildman–Crippen LogP) is 1.99. The third-order valence-electron chi connectivity index (χ3n) is 2.75. The molecule has 86 valence electrons. The van der Waals surface area contributed by atoms with Crippen LogP contribution < -0.4 is 5.32 Å². The Balaban J connectivity index is 2.13. The molecule has 1 aromatic rings. The van der Waals surface area contributed by atoms with Crippen LogP contribution in [-0.2, 0) is 13.5 Å². The standard InChI is InChI=1S/C12H23N3/c1-4-13-8-7-11(2)5-6-12-9-14-15(3)10-12/h9-11,13H,4-8H2,1-3H3. The molecule has 0 saturated carbocycles. The van der Waals surface area contributed by atoms with Crippen LogP contribution in [-0.4, -0.2) is 22.9 Å². The quantitative estimate of drug-likeness (QED) is 0.696. The molecule has 0 amide bonds. The molecule has 1 atom stereocenters. The lowest BCUT2D eigenvalue weighted by molar-refractivity contribution is 0.474. The van der Waals surface area contributed by atoms with E-state index in [2.05, 4.69) is 30.5 Å². The van der Waals surface area contributed by atoms with Crippen LogP contribution in [0.2, 0.25) is 0 Å². The maximum atomic E-state index is 4.17. The lowest BCUT2D eigenvalue weighted by atomic mass is 10.00. The molecule has 0 aliphatic carbocycles. The third-order valence-corrected chi connectivity index (χ3v) is 2.75. The number of rotatable bonds is 7. The summed E-state index contributed by atoms with van der Waals surface area (Å²) in [5, 5.41) is 7.54. The Labute approximate surface area is 92.9 Å². The van der Waals surface area contributed by atoms with Crippen LogP contribution in [0.4, 0.5) is 0 Å². The van der Waals surface area contributed by atoms with Crippen molar-refractivity contribution in [3.8, 4) is 0 Å². The zero-order valence-electron chi connectivity index (χ0n) is 10.2. The van der Waals surface area contributed by atoms with Crippen molar-refractivity contribution in [1.82, 2.24) is 15.1 Å². The van der Waals surface area contributed by atoms with Crippen molar-refractivity contribution in [2.45, 2.75) is 33.1 Å². The molecule has 1 rings (SSSR count). The van der Waals surface area contributed by atoms with Gasteiger partial charge in [0.05, 0.1) is 6.20 Å². The number of aryl methyl sites for hydroxylation is 2. The van der Waals surface area contributed by atoms with Crippen molar-refractivity contribution < 1.29 is 0 Å². The van der Waals surface area contributed by atoms with Crippen LogP contribution in [0.5, 0.6) is 0 Å². The molecule has 0 aromatic carbocycles. The molecule has 1 N–H and O–H groups in total. The summed E-state index contributed by atoms with van der Waals surface area (Å²) < 4.78 is 1.87. The molecule has 0 spiro atoms. The van der Waals surface area contributed by atoms with E-state index in [1.54, 1.807) is 0 Å². The zero-order valence-corrected chi connectivity index (χ0v) is 10.2. The van der Waals surface area contributed by atoms with Crippen LogP contribution in [0, 0.1) is 5.92 Å². The summed E-state index contributed by atoms with van der Waals surface area (Å²) in [6.45, 7) is 6.70. The van der Waals surface area contributed by atoms with Gasteiger partial charge >= 0.3 is 0 Å². The molecule has 1 aromatic heterocycles. The summed E-state index contributed by atoms with van der Waals surface area (Å²) in [6, 6.07) is 0. The van der Waals surface area contributed by atoms with Gasteiger partial charge in [-0.25, -0.2) is 0 Å². The van der Waals surface area contributed by atoms with Gasteiger partial charge in [-0.15, -0.1) is 0 Å². The van der Waals surface area contributed by atoms with Gasteiger partial charge in [0.15, 0.2) is 0 Å². The van der Waals surface area contributed by atoms with E-state index in [1.165, 1.54) is 18.4 Å². The van der Waals surface area contributed by atoms with Crippen molar-refractivity contribution in [3.63, 3.8) is 0 Å². The first-order valence-electron chi connectivity index (χ1n) is 5.90. The van der Waals surface area contributed by atoms with E-state index < -0.39 is 0 Å². The van der Waals surface area contributed by atoms with Crippen LogP contribution >= 0.6 is 0 Å². The summed E-state index contributed by atoms with van der Waals surface area (Å²) in [6.07, 6.45) is 7.76. The summed E-state index contributed by atoms with van der Waals surface area (Å²) in [7, 11) is 1.97. The lowest BCUT2D eigenvalue weighted by Crippen LogP contribution is -2.16. The van der Waals surface area contributed by atoms with E-state index in [0.717, 1.165) is 25.4 Å². The normalized spacial score (nSPS) is 13.0. The molecule has 1 unspecified atom stereocenters. The van der Waals surface area contributed by atoms with Gasteiger partial charge in [0.25, 0.3) is 0 Å². The molecule has 0 fully saturated rings. The van der Waals surface area contributed by atoms with Gasteiger partial charge in [-0.3, -0.25) is 4.68 Å². The van der Waals surface area contributed by atoms with Crippen molar-refractivity contribution in [2.24, 2.45) is 13.0 Å². The smallest absolute Gasteiger partial charge is 0.0521 e. The van der Waals surface area contributed by atoms with E-state index in [9.17, 15) is 0 Å². The Kier molecular flexibility index (Phi) is 5.40. The van der Waals surface area contributed by atoms with Crippen molar-refractivity contribution >= 4 is 0 Å². The maximum absolute atomic E-state index is 4.17. The fourth-order valence-corrected chi connectivity index (χ4v) is 1.68. The first-order valence-corrected chi connectivity index (χ1v) is 5.90. The van der Waals surface area contributed by atoms with Gasteiger partial charge in [-0.2, -0.15) is 5.10 Å². The van der Waals surface area contributed by atoms with Gasteiger partial charge < -0.3 is 5.32 Å². The highest BCUT2D eigenvalue weighted by Gasteiger charge is 2.03. The molecule has 0 radical (unpaired) electrons. The van der Waals surface area contributed by atoms with E-state index in [1.807, 2.05) is 17.9 Å². The molecule has 3 heteroatoms. The Bertz CT molecular complexity index is 268. The topological polar surface area (TPSA) is 29.9 Å². The Morgan fingerprint density at radius 1 is 1.47 bits per heavy atom. The van der Waals surface area contributed by atoms with E-state index >= 15 is 0 Å². The molecule has 0 bridgehead atoms. The molecular formula is C12H23N3. The molecule has 1 heterocycles. The van der Waals surface area contributed by atoms with Crippen molar-refractivity contribution in [1.29, 1.82) is 0 Å². The Morgan fingerprint density at radius 3 is 2.87 bits per heavy atom. The minimum atomic E-state index is 0.796. The molecule has 0 saturated heterocycles. The first-order chi connectivity index (χ1) is 7.22. The van der Waals surface area contributed by atoms with E-state index in [0.29, 0.717) is 0 Å². The number of hydrogen-bond acceptors (Lipinski definition) is 2. The summed E-state index contributed by atoms with van der Waals surface area (Å²) >= 11 is 0. The first kappa shape index (κ1) is 12.2. The number of nitrogens with one attached hydrogen (secondary N) is 1.